The van der Waals surface area contributed by atoms with Gasteiger partial charge in [-0.3, -0.25) is 25.2 Å². The van der Waals surface area contributed by atoms with Crippen LogP contribution in [0.1, 0.15) is 23.2 Å². The fraction of sp³-hybridized carbons (Fsp3) is 0.158. The maximum Gasteiger partial charge on any atom is 0.270 e. The Morgan fingerprint density at radius 1 is 1.15 bits per heavy atom. The molecule has 7 nitrogen and oxygen atoms in total. The van der Waals surface area contributed by atoms with Crippen molar-refractivity contribution in [1.82, 2.24) is 21.2 Å². The van der Waals surface area contributed by atoms with Crippen molar-refractivity contribution in [1.29, 1.82) is 0 Å². The summed E-state index contributed by atoms with van der Waals surface area (Å²) in [5, 5.41) is 5.20. The van der Waals surface area contributed by atoms with E-state index >= 15 is 0 Å². The van der Waals surface area contributed by atoms with E-state index in [2.05, 4.69) is 21.2 Å². The third-order valence-corrected chi connectivity index (χ3v) is 5.24. The maximum absolute atomic E-state index is 12.7. The molecular formula is C19H16N4O3S. The molecule has 0 aliphatic carbocycles. The van der Waals surface area contributed by atoms with Crippen molar-refractivity contribution in [3.63, 3.8) is 0 Å². The van der Waals surface area contributed by atoms with Gasteiger partial charge in [0.25, 0.3) is 11.8 Å². The number of hydrogen-bond donors (Lipinski definition) is 3. The standard InChI is InChI=1S/C19H16N4O3S/c24-17-8-7-14(21-17)19(26)23-22-18(25)12-10-15(16-6-3-9-27-16)20-13-5-2-1-4-11(12)13/h1-6,9-10,14H,7-8H2,(H,21,24)(H,22,25)(H,23,26). The zero-order valence-electron chi connectivity index (χ0n) is 14.2. The summed E-state index contributed by atoms with van der Waals surface area (Å²) in [4.78, 5) is 41.6. The first-order chi connectivity index (χ1) is 13.1. The van der Waals surface area contributed by atoms with E-state index in [-0.39, 0.29) is 5.91 Å². The van der Waals surface area contributed by atoms with Gasteiger partial charge in [-0.15, -0.1) is 11.3 Å². The number of hydrogen-bond acceptors (Lipinski definition) is 5. The molecule has 0 radical (unpaired) electrons. The van der Waals surface area contributed by atoms with Crippen LogP contribution in [0.25, 0.3) is 21.5 Å². The highest BCUT2D eigenvalue weighted by Crippen LogP contribution is 2.27. The lowest BCUT2D eigenvalue weighted by Crippen LogP contribution is -2.49. The first-order valence-corrected chi connectivity index (χ1v) is 9.33. The summed E-state index contributed by atoms with van der Waals surface area (Å²) < 4.78 is 0. The largest absolute Gasteiger partial charge is 0.344 e. The third-order valence-electron chi connectivity index (χ3n) is 4.35. The van der Waals surface area contributed by atoms with Crippen LogP contribution in [-0.4, -0.2) is 28.7 Å². The molecule has 27 heavy (non-hydrogen) atoms. The number of hydrazine groups is 1. The minimum atomic E-state index is -0.617. The molecule has 1 atom stereocenters. The minimum absolute atomic E-state index is 0.165. The summed E-state index contributed by atoms with van der Waals surface area (Å²) in [6.45, 7) is 0. The highest BCUT2D eigenvalue weighted by Gasteiger charge is 2.27. The van der Waals surface area contributed by atoms with E-state index in [0.717, 1.165) is 4.88 Å². The Kier molecular flexibility index (Phi) is 4.55. The number of para-hydroxylation sites is 1. The average molecular weight is 380 g/mol. The van der Waals surface area contributed by atoms with Crippen LogP contribution in [0, 0.1) is 0 Å². The lowest BCUT2D eigenvalue weighted by molar-refractivity contribution is -0.126. The van der Waals surface area contributed by atoms with Crippen LogP contribution in [0.5, 0.6) is 0 Å². The molecule has 3 amide bonds. The number of benzene rings is 1. The second-order valence-electron chi connectivity index (χ2n) is 6.15. The zero-order valence-corrected chi connectivity index (χ0v) is 15.0. The van der Waals surface area contributed by atoms with Gasteiger partial charge >= 0.3 is 0 Å². The van der Waals surface area contributed by atoms with E-state index in [1.165, 1.54) is 11.3 Å². The first-order valence-electron chi connectivity index (χ1n) is 8.45. The van der Waals surface area contributed by atoms with Gasteiger partial charge < -0.3 is 5.32 Å². The predicted molar refractivity (Wildman–Crippen MR) is 102 cm³/mol. The summed E-state index contributed by atoms with van der Waals surface area (Å²) in [5.74, 6) is -1.04. The molecule has 8 heteroatoms. The molecule has 0 spiro atoms. The van der Waals surface area contributed by atoms with Gasteiger partial charge in [0.2, 0.25) is 5.91 Å². The number of fused-ring (bicyclic) bond motifs is 1. The minimum Gasteiger partial charge on any atom is -0.344 e. The molecule has 1 unspecified atom stereocenters. The first kappa shape index (κ1) is 17.2. The van der Waals surface area contributed by atoms with Gasteiger partial charge in [-0.1, -0.05) is 24.3 Å². The highest BCUT2D eigenvalue weighted by atomic mass is 32.1. The van der Waals surface area contributed by atoms with Crippen molar-refractivity contribution in [2.24, 2.45) is 0 Å². The normalized spacial score (nSPS) is 16.1. The third kappa shape index (κ3) is 3.52. The van der Waals surface area contributed by atoms with Crippen molar-refractivity contribution in [3.05, 3.63) is 53.4 Å². The fourth-order valence-corrected chi connectivity index (χ4v) is 3.68. The Bertz CT molecular complexity index is 1030. The number of carbonyl (C=O) groups is 3. The molecule has 1 fully saturated rings. The Balaban J connectivity index is 1.59. The smallest absolute Gasteiger partial charge is 0.270 e. The molecular weight excluding hydrogens is 364 g/mol. The van der Waals surface area contributed by atoms with Crippen molar-refractivity contribution in [3.8, 4) is 10.6 Å². The molecule has 0 saturated carbocycles. The van der Waals surface area contributed by atoms with E-state index in [0.29, 0.717) is 35.0 Å². The van der Waals surface area contributed by atoms with Gasteiger partial charge in [0.05, 0.1) is 21.7 Å². The SMILES string of the molecule is O=C1CCC(C(=O)NNC(=O)c2cc(-c3cccs3)nc3ccccc23)N1. The monoisotopic (exact) mass is 380 g/mol. The van der Waals surface area contributed by atoms with Crippen LogP contribution in [0.4, 0.5) is 0 Å². The van der Waals surface area contributed by atoms with Gasteiger partial charge in [0, 0.05) is 11.8 Å². The molecule has 1 aromatic carbocycles. The lowest BCUT2D eigenvalue weighted by atomic mass is 10.1. The number of rotatable bonds is 3. The van der Waals surface area contributed by atoms with Gasteiger partial charge in [-0.25, -0.2) is 4.98 Å². The highest BCUT2D eigenvalue weighted by molar-refractivity contribution is 7.13. The van der Waals surface area contributed by atoms with E-state index in [4.69, 9.17) is 0 Å². The van der Waals surface area contributed by atoms with Crippen molar-refractivity contribution < 1.29 is 14.4 Å². The second kappa shape index (κ2) is 7.16. The topological polar surface area (TPSA) is 100 Å². The zero-order chi connectivity index (χ0) is 18.8. The summed E-state index contributed by atoms with van der Waals surface area (Å²) >= 11 is 1.54. The quantitative estimate of drug-likeness (QED) is 0.605. The fourth-order valence-electron chi connectivity index (χ4n) is 3.00. The summed E-state index contributed by atoms with van der Waals surface area (Å²) in [5.41, 5.74) is 6.64. The van der Waals surface area contributed by atoms with Crippen molar-refractivity contribution >= 4 is 40.0 Å². The molecule has 3 aromatic rings. The Morgan fingerprint density at radius 3 is 2.74 bits per heavy atom. The average Bonchev–Trinajstić information content (AvgIpc) is 3.37. The predicted octanol–water partition coefficient (Wildman–Crippen LogP) is 2.00. The van der Waals surface area contributed by atoms with Crippen LogP contribution in [0.3, 0.4) is 0 Å². The Labute approximate surface area is 158 Å². The summed E-state index contributed by atoms with van der Waals surface area (Å²) in [6.07, 6.45) is 0.729. The van der Waals surface area contributed by atoms with Gasteiger partial charge in [0.1, 0.15) is 6.04 Å². The van der Waals surface area contributed by atoms with Gasteiger partial charge in [-0.2, -0.15) is 0 Å². The molecule has 1 aliphatic rings. The second-order valence-corrected chi connectivity index (χ2v) is 7.10. The molecule has 2 aromatic heterocycles. The maximum atomic E-state index is 12.7. The number of aromatic nitrogens is 1. The number of thiophene rings is 1. The molecule has 0 bridgehead atoms. The number of carbonyl (C=O) groups excluding carboxylic acids is 3. The van der Waals surface area contributed by atoms with E-state index in [1.54, 1.807) is 6.07 Å². The molecule has 136 valence electrons. The van der Waals surface area contributed by atoms with Crippen molar-refractivity contribution in [2.45, 2.75) is 18.9 Å². The lowest BCUT2D eigenvalue weighted by Gasteiger charge is -2.13. The number of pyridine rings is 1. The Hall–Kier alpha value is -3.26. The Morgan fingerprint density at radius 2 is 2.00 bits per heavy atom. The van der Waals surface area contributed by atoms with Gasteiger partial charge in [0.15, 0.2) is 0 Å². The van der Waals surface area contributed by atoms with Crippen LogP contribution in [0.2, 0.25) is 0 Å². The van der Waals surface area contributed by atoms with E-state index < -0.39 is 17.9 Å². The van der Waals surface area contributed by atoms with Gasteiger partial charge in [-0.05, 0) is 30.0 Å². The number of nitrogens with zero attached hydrogens (tertiary/aromatic N) is 1. The van der Waals surface area contributed by atoms with E-state index in [1.807, 2.05) is 41.8 Å². The van der Waals surface area contributed by atoms with Crippen LogP contribution in [0.15, 0.2) is 47.8 Å². The molecule has 3 N–H and O–H groups in total. The molecule has 3 heterocycles. The van der Waals surface area contributed by atoms with Crippen LogP contribution in [-0.2, 0) is 9.59 Å². The number of amides is 3. The van der Waals surface area contributed by atoms with Crippen LogP contribution < -0.4 is 16.2 Å². The number of nitrogens with one attached hydrogen (secondary N) is 3. The molecule has 4 rings (SSSR count). The summed E-state index contributed by atoms with van der Waals surface area (Å²) in [6, 6.07) is 12.3. The summed E-state index contributed by atoms with van der Waals surface area (Å²) in [7, 11) is 0. The van der Waals surface area contributed by atoms with Crippen molar-refractivity contribution in [2.75, 3.05) is 0 Å². The van der Waals surface area contributed by atoms with E-state index in [9.17, 15) is 14.4 Å². The molecule has 1 aliphatic heterocycles. The van der Waals surface area contributed by atoms with Crippen LogP contribution >= 0.6 is 11.3 Å². The molecule has 1 saturated heterocycles.